The Bertz CT molecular complexity index is 932. The first-order chi connectivity index (χ1) is 14.5. The average molecular weight is 437 g/mol. The molecule has 30 heavy (non-hydrogen) atoms. The van der Waals surface area contributed by atoms with Gasteiger partial charge in [0.25, 0.3) is 0 Å². The molecule has 2 aromatic rings. The van der Waals surface area contributed by atoms with Crippen LogP contribution in [0.2, 0.25) is 0 Å². The van der Waals surface area contributed by atoms with E-state index in [1.54, 1.807) is 55.1 Å². The maximum absolute atomic E-state index is 13.4. The molecular weight excluding hydrogens is 408 g/mol. The predicted octanol–water partition coefficient (Wildman–Crippen LogP) is 1.80. The van der Waals surface area contributed by atoms with E-state index >= 15 is 0 Å². The molecule has 0 unspecified atom stereocenters. The summed E-state index contributed by atoms with van der Waals surface area (Å²) in [7, 11) is 0.957. The first-order valence-corrected chi connectivity index (χ1v) is 11.2. The first kappa shape index (κ1) is 22.3. The van der Waals surface area contributed by atoms with Gasteiger partial charge in [0.05, 0.1) is 25.7 Å². The molecule has 3 rings (SSSR count). The van der Waals surface area contributed by atoms with Gasteiger partial charge in [0.15, 0.2) is 0 Å². The number of ether oxygens (including phenoxy) is 3. The Balaban J connectivity index is 1.77. The van der Waals surface area contributed by atoms with Crippen LogP contribution in [-0.4, -0.2) is 76.3 Å². The van der Waals surface area contributed by atoms with Gasteiger partial charge in [-0.05, 0) is 25.0 Å². The van der Waals surface area contributed by atoms with Crippen molar-refractivity contribution in [1.82, 2.24) is 14.3 Å². The van der Waals surface area contributed by atoms with E-state index in [9.17, 15) is 8.42 Å². The highest BCUT2D eigenvalue weighted by molar-refractivity contribution is 7.89. The normalized spacial score (nSPS) is 15.4. The van der Waals surface area contributed by atoms with Gasteiger partial charge in [-0.15, -0.1) is 0 Å². The topological polar surface area (TPSA) is 94.1 Å². The fourth-order valence-electron chi connectivity index (χ4n) is 3.53. The molecule has 1 aliphatic rings. The summed E-state index contributed by atoms with van der Waals surface area (Å²) in [5.41, 5.74) is 0. The highest BCUT2D eigenvalue weighted by Crippen LogP contribution is 2.27. The zero-order chi connectivity index (χ0) is 21.6. The summed E-state index contributed by atoms with van der Waals surface area (Å²) < 4.78 is 43.9. The smallest absolute Gasteiger partial charge is 0.243 e. The van der Waals surface area contributed by atoms with Gasteiger partial charge in [0.1, 0.15) is 5.75 Å². The maximum Gasteiger partial charge on any atom is 0.243 e. The molecule has 0 spiro atoms. The highest BCUT2D eigenvalue weighted by atomic mass is 32.2. The lowest BCUT2D eigenvalue weighted by Gasteiger charge is -2.37. The Morgan fingerprint density at radius 2 is 1.90 bits per heavy atom. The van der Waals surface area contributed by atoms with Gasteiger partial charge >= 0.3 is 0 Å². The Morgan fingerprint density at radius 1 is 1.13 bits per heavy atom. The zero-order valence-corrected chi connectivity index (χ0v) is 18.3. The molecule has 1 fully saturated rings. The van der Waals surface area contributed by atoms with Gasteiger partial charge in [-0.2, -0.15) is 9.29 Å². The number of piperidine rings is 1. The van der Waals surface area contributed by atoms with E-state index in [0.29, 0.717) is 50.1 Å². The lowest BCUT2D eigenvalue weighted by atomic mass is 10.1. The summed E-state index contributed by atoms with van der Waals surface area (Å²) >= 11 is 0. The van der Waals surface area contributed by atoms with E-state index in [1.807, 2.05) is 4.90 Å². The van der Waals surface area contributed by atoms with Crippen LogP contribution >= 0.6 is 0 Å². The van der Waals surface area contributed by atoms with Crippen LogP contribution in [0.5, 0.6) is 11.6 Å². The van der Waals surface area contributed by atoms with Gasteiger partial charge < -0.3 is 19.1 Å². The summed E-state index contributed by atoms with van der Waals surface area (Å²) in [6, 6.07) is 8.11. The molecule has 0 bridgehead atoms. The quantitative estimate of drug-likeness (QED) is 0.587. The number of sulfonamides is 1. The number of nitrogens with zero attached hydrogens (tertiary/aromatic N) is 4. The van der Waals surface area contributed by atoms with Crippen LogP contribution < -0.4 is 14.4 Å². The molecule has 164 valence electrons. The number of hydrogen-bond donors (Lipinski definition) is 0. The molecule has 10 heteroatoms. The SMILES string of the molecule is COCCN(C1CCN(c2nccc(OC)n2)CC1)S(=O)(=O)c1cccc(OC)c1. The number of benzene rings is 1. The Kier molecular flexibility index (Phi) is 7.46. The van der Waals surface area contributed by atoms with E-state index in [0.717, 1.165) is 0 Å². The van der Waals surface area contributed by atoms with Crippen molar-refractivity contribution in [3.05, 3.63) is 36.5 Å². The van der Waals surface area contributed by atoms with Crippen molar-refractivity contribution in [2.24, 2.45) is 0 Å². The number of anilines is 1. The van der Waals surface area contributed by atoms with Crippen molar-refractivity contribution >= 4 is 16.0 Å². The van der Waals surface area contributed by atoms with Crippen molar-refractivity contribution < 1.29 is 22.6 Å². The second-order valence-electron chi connectivity index (χ2n) is 6.90. The van der Waals surface area contributed by atoms with E-state index in [2.05, 4.69) is 9.97 Å². The zero-order valence-electron chi connectivity index (χ0n) is 17.5. The van der Waals surface area contributed by atoms with E-state index in [4.69, 9.17) is 14.2 Å². The average Bonchev–Trinajstić information content (AvgIpc) is 2.79. The van der Waals surface area contributed by atoms with Crippen LogP contribution in [0.1, 0.15) is 12.8 Å². The number of methoxy groups -OCH3 is 3. The third-order valence-corrected chi connectivity index (χ3v) is 7.09. The van der Waals surface area contributed by atoms with Crippen LogP contribution in [0.15, 0.2) is 41.4 Å². The van der Waals surface area contributed by atoms with E-state index < -0.39 is 10.0 Å². The van der Waals surface area contributed by atoms with Crippen molar-refractivity contribution in [2.45, 2.75) is 23.8 Å². The third-order valence-electron chi connectivity index (χ3n) is 5.14. The lowest BCUT2D eigenvalue weighted by Crippen LogP contribution is -2.48. The Hall–Kier alpha value is -2.43. The molecule has 0 N–H and O–H groups in total. The summed E-state index contributed by atoms with van der Waals surface area (Å²) in [6.07, 6.45) is 2.98. The second-order valence-corrected chi connectivity index (χ2v) is 8.80. The molecule has 2 heterocycles. The minimum absolute atomic E-state index is 0.141. The minimum atomic E-state index is -3.69. The molecule has 1 aromatic heterocycles. The minimum Gasteiger partial charge on any atom is -0.497 e. The molecule has 0 saturated carbocycles. The molecule has 1 aromatic carbocycles. The van der Waals surface area contributed by atoms with Crippen LogP contribution in [-0.2, 0) is 14.8 Å². The van der Waals surface area contributed by atoms with Crippen molar-refractivity contribution in [3.63, 3.8) is 0 Å². The number of rotatable bonds is 9. The Labute approximate surface area is 177 Å². The molecule has 1 saturated heterocycles. The van der Waals surface area contributed by atoms with Gasteiger partial charge in [0.2, 0.25) is 21.9 Å². The summed E-state index contributed by atoms with van der Waals surface area (Å²) in [5, 5.41) is 0. The summed E-state index contributed by atoms with van der Waals surface area (Å²) in [6.45, 7) is 1.91. The summed E-state index contributed by atoms with van der Waals surface area (Å²) in [5.74, 6) is 1.60. The molecule has 0 aliphatic carbocycles. The van der Waals surface area contributed by atoms with Gasteiger partial charge in [-0.25, -0.2) is 13.4 Å². The molecular formula is C20H28N4O5S. The molecule has 1 aliphatic heterocycles. The fourth-order valence-corrected chi connectivity index (χ4v) is 5.23. The third kappa shape index (κ3) is 5.00. The van der Waals surface area contributed by atoms with Gasteiger partial charge in [-0.1, -0.05) is 6.07 Å². The van der Waals surface area contributed by atoms with Crippen molar-refractivity contribution in [1.29, 1.82) is 0 Å². The largest absolute Gasteiger partial charge is 0.497 e. The molecule has 0 amide bonds. The number of aromatic nitrogens is 2. The van der Waals surface area contributed by atoms with Crippen LogP contribution in [0.4, 0.5) is 5.95 Å². The fraction of sp³-hybridized carbons (Fsp3) is 0.500. The van der Waals surface area contributed by atoms with Gasteiger partial charge in [-0.3, -0.25) is 0 Å². The molecule has 0 radical (unpaired) electrons. The maximum atomic E-state index is 13.4. The van der Waals surface area contributed by atoms with Crippen molar-refractivity contribution in [2.75, 3.05) is 52.5 Å². The molecule has 0 atom stereocenters. The first-order valence-electron chi connectivity index (χ1n) is 9.76. The van der Waals surface area contributed by atoms with E-state index in [1.165, 1.54) is 7.11 Å². The Morgan fingerprint density at radius 3 is 2.57 bits per heavy atom. The van der Waals surface area contributed by atoms with E-state index in [-0.39, 0.29) is 17.5 Å². The lowest BCUT2D eigenvalue weighted by molar-refractivity contribution is 0.159. The standard InChI is InChI=1S/C20H28N4O5S/c1-27-14-13-24(30(25,26)18-6-4-5-17(15-18)28-2)16-8-11-23(12-9-16)20-21-10-7-19(22-20)29-3/h4-7,10,15-16H,8-9,11-14H2,1-3H3. The predicted molar refractivity (Wildman–Crippen MR) is 113 cm³/mol. The van der Waals surface area contributed by atoms with Crippen LogP contribution in [0.25, 0.3) is 0 Å². The second kappa shape index (κ2) is 10.1. The monoisotopic (exact) mass is 436 g/mol. The van der Waals surface area contributed by atoms with Crippen LogP contribution in [0.3, 0.4) is 0 Å². The summed E-state index contributed by atoms with van der Waals surface area (Å²) in [4.78, 5) is 11.0. The van der Waals surface area contributed by atoms with Crippen molar-refractivity contribution in [3.8, 4) is 11.6 Å². The number of hydrogen-bond acceptors (Lipinski definition) is 8. The highest BCUT2D eigenvalue weighted by Gasteiger charge is 2.34. The van der Waals surface area contributed by atoms with Gasteiger partial charge in [0, 0.05) is 51.1 Å². The van der Waals surface area contributed by atoms with Crippen LogP contribution in [0, 0.1) is 0 Å². The molecule has 9 nitrogen and oxygen atoms in total.